The van der Waals surface area contributed by atoms with E-state index in [9.17, 15) is 4.79 Å². The summed E-state index contributed by atoms with van der Waals surface area (Å²) in [7, 11) is 1.99. The van der Waals surface area contributed by atoms with Crippen LogP contribution in [0.3, 0.4) is 0 Å². The van der Waals surface area contributed by atoms with E-state index in [1.54, 1.807) is 12.1 Å². The zero-order valence-electron chi connectivity index (χ0n) is 10.9. The average Bonchev–Trinajstić information content (AvgIpc) is 2.26. The minimum Gasteiger partial charge on any atom is -0.370 e. The fourth-order valence-electron chi connectivity index (χ4n) is 2.06. The Labute approximate surface area is 109 Å². The number of rotatable bonds is 5. The first-order chi connectivity index (χ1) is 7.97. The van der Waals surface area contributed by atoms with E-state index in [0.29, 0.717) is 22.5 Å². The highest BCUT2D eigenvalue weighted by atomic mass is 35.5. The molecule has 17 heavy (non-hydrogen) atoms. The highest BCUT2D eigenvalue weighted by Gasteiger charge is 2.17. The van der Waals surface area contributed by atoms with Gasteiger partial charge in [-0.2, -0.15) is 0 Å². The third kappa shape index (κ3) is 3.47. The average molecular weight is 254 g/mol. The van der Waals surface area contributed by atoms with Crippen LogP contribution >= 0.6 is 11.6 Å². The van der Waals surface area contributed by atoms with Gasteiger partial charge in [0.1, 0.15) is 0 Å². The lowest BCUT2D eigenvalue weighted by molar-refractivity contribution is 0.112. The Bertz CT molecular complexity index is 390. The van der Waals surface area contributed by atoms with Crippen molar-refractivity contribution in [1.29, 1.82) is 0 Å². The molecule has 1 rings (SSSR count). The first-order valence-electron chi connectivity index (χ1n) is 5.93. The van der Waals surface area contributed by atoms with Crippen molar-refractivity contribution in [2.24, 2.45) is 5.92 Å². The summed E-state index contributed by atoms with van der Waals surface area (Å²) in [6, 6.07) is 5.78. The maximum Gasteiger partial charge on any atom is 0.152 e. The molecule has 0 bridgehead atoms. The minimum absolute atomic E-state index is 0.355. The number of carbonyl (C=O) groups excluding carboxylic acids is 1. The molecule has 0 aromatic heterocycles. The second-order valence-corrected chi connectivity index (χ2v) is 5.29. The lowest BCUT2D eigenvalue weighted by atomic mass is 10.0. The molecule has 3 heteroatoms. The molecule has 1 aromatic rings. The number of benzene rings is 1. The summed E-state index contributed by atoms with van der Waals surface area (Å²) >= 11 is 6.18. The molecule has 0 saturated carbocycles. The van der Waals surface area contributed by atoms with Gasteiger partial charge >= 0.3 is 0 Å². The lowest BCUT2D eigenvalue weighted by Crippen LogP contribution is -2.31. The van der Waals surface area contributed by atoms with E-state index in [-0.39, 0.29) is 0 Å². The third-order valence-corrected chi connectivity index (χ3v) is 3.28. The van der Waals surface area contributed by atoms with Crippen LogP contribution in [0.5, 0.6) is 0 Å². The molecule has 0 aliphatic carbocycles. The van der Waals surface area contributed by atoms with Gasteiger partial charge in [-0.3, -0.25) is 4.79 Å². The first-order valence-corrected chi connectivity index (χ1v) is 6.31. The number of halogens is 1. The lowest BCUT2D eigenvalue weighted by Gasteiger charge is -2.30. The fourth-order valence-corrected chi connectivity index (χ4v) is 2.38. The van der Waals surface area contributed by atoms with Crippen molar-refractivity contribution in [1.82, 2.24) is 0 Å². The molecule has 0 aliphatic rings. The van der Waals surface area contributed by atoms with Gasteiger partial charge in [-0.05, 0) is 31.4 Å². The fraction of sp³-hybridized carbons (Fsp3) is 0.500. The van der Waals surface area contributed by atoms with Crippen LogP contribution in [0.15, 0.2) is 18.2 Å². The van der Waals surface area contributed by atoms with Crippen LogP contribution in [0, 0.1) is 5.92 Å². The molecule has 0 fully saturated rings. The molecule has 0 aliphatic heterocycles. The van der Waals surface area contributed by atoms with Crippen LogP contribution in [0.1, 0.15) is 37.6 Å². The molecule has 2 nitrogen and oxygen atoms in total. The largest absolute Gasteiger partial charge is 0.370 e. The number of aldehydes is 1. The number of carbonyl (C=O) groups is 1. The van der Waals surface area contributed by atoms with Crippen LogP contribution in [0.2, 0.25) is 5.02 Å². The van der Waals surface area contributed by atoms with Crippen LogP contribution < -0.4 is 4.90 Å². The van der Waals surface area contributed by atoms with E-state index in [1.807, 2.05) is 13.1 Å². The second kappa shape index (κ2) is 6.06. The summed E-state index contributed by atoms with van der Waals surface area (Å²) in [5, 5.41) is 0.632. The van der Waals surface area contributed by atoms with Gasteiger partial charge in [-0.25, -0.2) is 0 Å². The number of hydrogen-bond acceptors (Lipinski definition) is 2. The maximum atomic E-state index is 11.0. The van der Waals surface area contributed by atoms with Gasteiger partial charge in [0, 0.05) is 18.7 Å². The maximum absolute atomic E-state index is 11.0. The Morgan fingerprint density at radius 3 is 2.53 bits per heavy atom. The molecule has 94 valence electrons. The zero-order valence-corrected chi connectivity index (χ0v) is 11.7. The zero-order chi connectivity index (χ0) is 13.0. The van der Waals surface area contributed by atoms with Gasteiger partial charge in [0.25, 0.3) is 0 Å². The number of anilines is 1. The smallest absolute Gasteiger partial charge is 0.152 e. The number of hydrogen-bond donors (Lipinski definition) is 0. The van der Waals surface area contributed by atoms with Crippen molar-refractivity contribution < 1.29 is 4.79 Å². The normalized spacial score (nSPS) is 12.6. The van der Waals surface area contributed by atoms with Crippen LogP contribution in [-0.4, -0.2) is 19.4 Å². The molecule has 1 unspecified atom stereocenters. The summed E-state index contributed by atoms with van der Waals surface area (Å²) in [5.41, 5.74) is 1.48. The molecule has 0 saturated heterocycles. The van der Waals surface area contributed by atoms with Crippen molar-refractivity contribution in [3.63, 3.8) is 0 Å². The van der Waals surface area contributed by atoms with Crippen molar-refractivity contribution in [2.75, 3.05) is 11.9 Å². The SMILES string of the molecule is CC(C)CC(C)N(C)c1c(Cl)cccc1C=O. The highest BCUT2D eigenvalue weighted by molar-refractivity contribution is 6.33. The highest BCUT2D eigenvalue weighted by Crippen LogP contribution is 2.30. The van der Waals surface area contributed by atoms with Crippen molar-refractivity contribution in [2.45, 2.75) is 33.2 Å². The van der Waals surface area contributed by atoms with Crippen molar-refractivity contribution in [3.8, 4) is 0 Å². The summed E-state index contributed by atoms with van der Waals surface area (Å²) < 4.78 is 0. The van der Waals surface area contributed by atoms with E-state index in [0.717, 1.165) is 18.4 Å². The molecular formula is C14H20ClNO. The summed E-state index contributed by atoms with van der Waals surface area (Å²) in [4.78, 5) is 13.1. The molecule has 0 spiro atoms. The molecule has 0 N–H and O–H groups in total. The van der Waals surface area contributed by atoms with Crippen molar-refractivity contribution >= 4 is 23.6 Å². The molecule has 1 aromatic carbocycles. The summed E-state index contributed by atoms with van der Waals surface area (Å²) in [5.74, 6) is 0.620. The third-order valence-electron chi connectivity index (χ3n) is 2.97. The molecular weight excluding hydrogens is 234 g/mol. The number of nitrogens with zero attached hydrogens (tertiary/aromatic N) is 1. The topological polar surface area (TPSA) is 20.3 Å². The monoisotopic (exact) mass is 253 g/mol. The van der Waals surface area contributed by atoms with Gasteiger partial charge in [-0.1, -0.05) is 31.5 Å². The van der Waals surface area contributed by atoms with Crippen LogP contribution in [-0.2, 0) is 0 Å². The van der Waals surface area contributed by atoms with E-state index in [2.05, 4.69) is 25.7 Å². The minimum atomic E-state index is 0.355. The first kappa shape index (κ1) is 14.0. The van der Waals surface area contributed by atoms with Crippen LogP contribution in [0.4, 0.5) is 5.69 Å². The van der Waals surface area contributed by atoms with Gasteiger partial charge in [0.2, 0.25) is 0 Å². The van der Waals surface area contributed by atoms with E-state index < -0.39 is 0 Å². The van der Waals surface area contributed by atoms with E-state index in [1.165, 1.54) is 0 Å². The van der Waals surface area contributed by atoms with Gasteiger partial charge < -0.3 is 4.90 Å². The van der Waals surface area contributed by atoms with Gasteiger partial charge in [-0.15, -0.1) is 0 Å². The molecule has 0 heterocycles. The molecule has 0 amide bonds. The van der Waals surface area contributed by atoms with E-state index in [4.69, 9.17) is 11.6 Å². The van der Waals surface area contributed by atoms with Gasteiger partial charge in [0.15, 0.2) is 6.29 Å². The molecule has 1 atom stereocenters. The Morgan fingerprint density at radius 2 is 2.00 bits per heavy atom. The summed E-state index contributed by atoms with van der Waals surface area (Å²) in [6.07, 6.45) is 1.93. The Morgan fingerprint density at radius 1 is 1.35 bits per heavy atom. The van der Waals surface area contributed by atoms with Crippen molar-refractivity contribution in [3.05, 3.63) is 28.8 Å². The Kier molecular flexibility index (Phi) is 5.01. The second-order valence-electron chi connectivity index (χ2n) is 4.88. The number of para-hydroxylation sites is 1. The van der Waals surface area contributed by atoms with Crippen LogP contribution in [0.25, 0.3) is 0 Å². The van der Waals surface area contributed by atoms with Gasteiger partial charge in [0.05, 0.1) is 10.7 Å². The predicted octanol–water partition coefficient (Wildman–Crippen LogP) is 4.02. The Hall–Kier alpha value is -1.02. The summed E-state index contributed by atoms with van der Waals surface area (Å²) in [6.45, 7) is 6.53. The Balaban J connectivity index is 3.02. The predicted molar refractivity (Wildman–Crippen MR) is 74.2 cm³/mol. The quantitative estimate of drug-likeness (QED) is 0.739. The van der Waals surface area contributed by atoms with E-state index >= 15 is 0 Å². The standard InChI is InChI=1S/C14H20ClNO/c1-10(2)8-11(3)16(4)14-12(9-17)6-5-7-13(14)15/h5-7,9-11H,8H2,1-4H3. The molecule has 0 radical (unpaired) electrons.